The molecule has 74 valence electrons. The van der Waals surface area contributed by atoms with Crippen molar-refractivity contribution in [3.8, 4) is 0 Å². The molecule has 1 amide bonds. The minimum absolute atomic E-state index is 0.195. The number of hydrogen-bond donors (Lipinski definition) is 0. The molecule has 1 aliphatic heterocycles. The van der Waals surface area contributed by atoms with E-state index in [0.717, 1.165) is 31.5 Å². The second-order valence-electron chi connectivity index (χ2n) is 3.65. The molecule has 1 aliphatic rings. The third kappa shape index (κ3) is 1.52. The quantitative estimate of drug-likeness (QED) is 0.662. The second kappa shape index (κ2) is 3.82. The SMILES string of the molecule is CCN1CCCc2ccccc2C1=O. The zero-order chi connectivity index (χ0) is 9.97. The van der Waals surface area contributed by atoms with Gasteiger partial charge in [0, 0.05) is 18.7 Å². The molecule has 0 saturated heterocycles. The highest BCUT2D eigenvalue weighted by molar-refractivity contribution is 5.96. The Hall–Kier alpha value is -1.31. The van der Waals surface area contributed by atoms with Crippen molar-refractivity contribution < 1.29 is 4.79 Å². The number of nitrogens with zero attached hydrogens (tertiary/aromatic N) is 1. The van der Waals surface area contributed by atoms with Crippen molar-refractivity contribution in [2.24, 2.45) is 0 Å². The molecular weight excluding hydrogens is 174 g/mol. The summed E-state index contributed by atoms with van der Waals surface area (Å²) in [7, 11) is 0. The van der Waals surface area contributed by atoms with Crippen LogP contribution in [0.5, 0.6) is 0 Å². The number of rotatable bonds is 1. The van der Waals surface area contributed by atoms with Gasteiger partial charge in [0.25, 0.3) is 5.91 Å². The Morgan fingerprint density at radius 3 is 2.93 bits per heavy atom. The number of fused-ring (bicyclic) bond motifs is 1. The lowest BCUT2D eigenvalue weighted by molar-refractivity contribution is 0.0770. The highest BCUT2D eigenvalue weighted by Gasteiger charge is 2.19. The highest BCUT2D eigenvalue weighted by Crippen LogP contribution is 2.17. The van der Waals surface area contributed by atoms with E-state index in [1.807, 2.05) is 30.0 Å². The van der Waals surface area contributed by atoms with Gasteiger partial charge in [-0.05, 0) is 31.4 Å². The minimum Gasteiger partial charge on any atom is -0.339 e. The predicted octanol–water partition coefficient (Wildman–Crippen LogP) is 2.09. The number of carbonyl (C=O) groups is 1. The van der Waals surface area contributed by atoms with Crippen molar-refractivity contribution >= 4 is 5.91 Å². The first-order valence-electron chi connectivity index (χ1n) is 5.20. The van der Waals surface area contributed by atoms with Crippen LogP contribution in [0.25, 0.3) is 0 Å². The van der Waals surface area contributed by atoms with E-state index >= 15 is 0 Å². The van der Waals surface area contributed by atoms with E-state index in [0.29, 0.717) is 0 Å². The Morgan fingerprint density at radius 1 is 1.36 bits per heavy atom. The van der Waals surface area contributed by atoms with Crippen molar-refractivity contribution in [3.63, 3.8) is 0 Å². The van der Waals surface area contributed by atoms with Crippen LogP contribution in [-0.2, 0) is 6.42 Å². The maximum Gasteiger partial charge on any atom is 0.254 e. The van der Waals surface area contributed by atoms with Gasteiger partial charge in [-0.25, -0.2) is 0 Å². The second-order valence-corrected chi connectivity index (χ2v) is 3.65. The van der Waals surface area contributed by atoms with Gasteiger partial charge in [0.1, 0.15) is 0 Å². The normalized spacial score (nSPS) is 16.4. The van der Waals surface area contributed by atoms with Crippen LogP contribution in [0, 0.1) is 0 Å². The molecule has 0 unspecified atom stereocenters. The number of benzene rings is 1. The summed E-state index contributed by atoms with van der Waals surface area (Å²) >= 11 is 0. The smallest absolute Gasteiger partial charge is 0.254 e. The van der Waals surface area contributed by atoms with Crippen molar-refractivity contribution in [3.05, 3.63) is 35.4 Å². The van der Waals surface area contributed by atoms with Gasteiger partial charge >= 0.3 is 0 Å². The maximum atomic E-state index is 12.0. The van der Waals surface area contributed by atoms with Crippen LogP contribution in [0.3, 0.4) is 0 Å². The Bertz CT molecular complexity index is 346. The first-order valence-corrected chi connectivity index (χ1v) is 5.20. The van der Waals surface area contributed by atoms with Gasteiger partial charge in [0.15, 0.2) is 0 Å². The van der Waals surface area contributed by atoms with Crippen LogP contribution in [0.4, 0.5) is 0 Å². The van der Waals surface area contributed by atoms with E-state index in [-0.39, 0.29) is 5.91 Å². The number of aryl methyl sites for hydroxylation is 1. The van der Waals surface area contributed by atoms with Gasteiger partial charge in [-0.15, -0.1) is 0 Å². The zero-order valence-electron chi connectivity index (χ0n) is 8.49. The summed E-state index contributed by atoms with van der Waals surface area (Å²) in [5.74, 6) is 0.195. The molecule has 0 N–H and O–H groups in total. The molecule has 2 nitrogen and oxygen atoms in total. The van der Waals surface area contributed by atoms with E-state index in [1.165, 1.54) is 5.56 Å². The maximum absolute atomic E-state index is 12.0. The average Bonchev–Trinajstić information content (AvgIpc) is 2.39. The molecule has 0 spiro atoms. The summed E-state index contributed by atoms with van der Waals surface area (Å²) in [6.07, 6.45) is 2.11. The number of hydrogen-bond acceptors (Lipinski definition) is 1. The molecular formula is C12H15NO. The molecule has 1 heterocycles. The summed E-state index contributed by atoms with van der Waals surface area (Å²) < 4.78 is 0. The molecule has 14 heavy (non-hydrogen) atoms. The largest absolute Gasteiger partial charge is 0.339 e. The van der Waals surface area contributed by atoms with E-state index in [9.17, 15) is 4.79 Å². The van der Waals surface area contributed by atoms with Crippen LogP contribution in [-0.4, -0.2) is 23.9 Å². The van der Waals surface area contributed by atoms with E-state index in [4.69, 9.17) is 0 Å². The number of amides is 1. The Balaban J connectivity index is 2.40. The van der Waals surface area contributed by atoms with Gasteiger partial charge in [0.2, 0.25) is 0 Å². The zero-order valence-corrected chi connectivity index (χ0v) is 8.49. The average molecular weight is 189 g/mol. The molecule has 1 aromatic carbocycles. The molecule has 1 aromatic rings. The van der Waals surface area contributed by atoms with Gasteiger partial charge in [-0.3, -0.25) is 4.79 Å². The van der Waals surface area contributed by atoms with Gasteiger partial charge in [0.05, 0.1) is 0 Å². The molecule has 2 heteroatoms. The molecule has 0 saturated carbocycles. The van der Waals surface area contributed by atoms with Gasteiger partial charge in [-0.1, -0.05) is 18.2 Å². The Morgan fingerprint density at radius 2 is 2.14 bits per heavy atom. The van der Waals surface area contributed by atoms with Crippen LogP contribution < -0.4 is 0 Å². The van der Waals surface area contributed by atoms with Crippen LogP contribution in [0.2, 0.25) is 0 Å². The van der Waals surface area contributed by atoms with E-state index < -0.39 is 0 Å². The lowest BCUT2D eigenvalue weighted by Crippen LogP contribution is -2.30. The van der Waals surface area contributed by atoms with Crippen LogP contribution in [0.15, 0.2) is 24.3 Å². The fourth-order valence-electron chi connectivity index (χ4n) is 1.98. The summed E-state index contributed by atoms with van der Waals surface area (Å²) in [5.41, 5.74) is 2.10. The molecule has 0 fully saturated rings. The Kier molecular flexibility index (Phi) is 2.53. The topological polar surface area (TPSA) is 20.3 Å². The van der Waals surface area contributed by atoms with Crippen molar-refractivity contribution in [1.29, 1.82) is 0 Å². The lowest BCUT2D eigenvalue weighted by atomic mass is 10.0. The number of carbonyl (C=O) groups excluding carboxylic acids is 1. The third-order valence-corrected chi connectivity index (χ3v) is 2.79. The van der Waals surface area contributed by atoms with E-state index in [1.54, 1.807) is 0 Å². The molecule has 0 aliphatic carbocycles. The fraction of sp³-hybridized carbons (Fsp3) is 0.417. The summed E-state index contributed by atoms with van der Waals surface area (Å²) in [5, 5.41) is 0. The minimum atomic E-state index is 0.195. The van der Waals surface area contributed by atoms with Gasteiger partial charge in [-0.2, -0.15) is 0 Å². The van der Waals surface area contributed by atoms with E-state index in [2.05, 4.69) is 6.07 Å². The molecule has 2 rings (SSSR count). The van der Waals surface area contributed by atoms with Crippen molar-refractivity contribution in [2.45, 2.75) is 19.8 Å². The van der Waals surface area contributed by atoms with Crippen molar-refractivity contribution in [2.75, 3.05) is 13.1 Å². The van der Waals surface area contributed by atoms with Crippen molar-refractivity contribution in [1.82, 2.24) is 4.90 Å². The molecule has 0 bridgehead atoms. The highest BCUT2D eigenvalue weighted by atomic mass is 16.2. The summed E-state index contributed by atoms with van der Waals surface area (Å²) in [4.78, 5) is 13.9. The monoisotopic (exact) mass is 189 g/mol. The molecule has 0 aromatic heterocycles. The van der Waals surface area contributed by atoms with Crippen LogP contribution in [0.1, 0.15) is 29.3 Å². The summed E-state index contributed by atoms with van der Waals surface area (Å²) in [6, 6.07) is 7.95. The predicted molar refractivity (Wildman–Crippen MR) is 56.3 cm³/mol. The van der Waals surface area contributed by atoms with Crippen LogP contribution >= 0.6 is 0 Å². The first-order chi connectivity index (χ1) is 6.83. The Labute approximate surface area is 84.5 Å². The standard InChI is InChI=1S/C12H15NO/c1-2-13-9-5-7-10-6-3-4-8-11(10)12(13)14/h3-4,6,8H,2,5,7,9H2,1H3. The fourth-order valence-corrected chi connectivity index (χ4v) is 1.98. The summed E-state index contributed by atoms with van der Waals surface area (Å²) in [6.45, 7) is 3.74. The first kappa shape index (κ1) is 9.25. The lowest BCUT2D eigenvalue weighted by Gasteiger charge is -2.18. The molecule has 0 radical (unpaired) electrons. The molecule has 0 atom stereocenters. The van der Waals surface area contributed by atoms with Gasteiger partial charge < -0.3 is 4.90 Å². The third-order valence-electron chi connectivity index (χ3n) is 2.79.